The fraction of sp³-hybridized carbons (Fsp3) is 0.160. The molecule has 1 aliphatic heterocycles. The molecule has 0 aromatic heterocycles. The third kappa shape index (κ3) is 4.75. The predicted molar refractivity (Wildman–Crippen MR) is 128 cm³/mol. The highest BCUT2D eigenvalue weighted by atomic mass is 79.9. The Morgan fingerprint density at radius 1 is 1.03 bits per heavy atom. The normalized spacial score (nSPS) is 13.3. The zero-order chi connectivity index (χ0) is 22.0. The Hall–Kier alpha value is -3.25. The molecule has 4 rings (SSSR count). The second kappa shape index (κ2) is 8.86. The molecule has 31 heavy (non-hydrogen) atoms. The molecule has 156 valence electrons. The molecule has 2 amide bonds. The average molecular weight is 476 g/mol. The molecular formula is C25H22BrN3O2. The molecule has 0 aliphatic carbocycles. The molecule has 3 aromatic rings. The van der Waals surface area contributed by atoms with Gasteiger partial charge in [0.15, 0.2) is 0 Å². The van der Waals surface area contributed by atoms with E-state index < -0.39 is 0 Å². The Bertz CT molecular complexity index is 1170. The number of benzodiazepines with no additional fused rings is 1. The van der Waals surface area contributed by atoms with Crippen LogP contribution in [-0.4, -0.2) is 30.6 Å². The zero-order valence-corrected chi connectivity index (χ0v) is 18.9. The number of carbonyl (C=O) groups excluding carboxylic acids is 2. The van der Waals surface area contributed by atoms with Crippen LogP contribution in [0.4, 0.5) is 11.4 Å². The molecular weight excluding hydrogens is 454 g/mol. The molecule has 0 atom stereocenters. The fourth-order valence-corrected chi connectivity index (χ4v) is 4.15. The van der Waals surface area contributed by atoms with Crippen molar-refractivity contribution in [3.8, 4) is 0 Å². The zero-order valence-electron chi connectivity index (χ0n) is 17.4. The van der Waals surface area contributed by atoms with Crippen molar-refractivity contribution in [1.29, 1.82) is 0 Å². The second-order valence-electron chi connectivity index (χ2n) is 7.60. The van der Waals surface area contributed by atoms with Crippen LogP contribution in [0.5, 0.6) is 0 Å². The lowest BCUT2D eigenvalue weighted by atomic mass is 10.0. The number of aliphatic imine (C=N–C) groups is 1. The van der Waals surface area contributed by atoms with Crippen LogP contribution < -0.4 is 10.2 Å². The average Bonchev–Trinajstić information content (AvgIpc) is 2.84. The Morgan fingerprint density at radius 2 is 1.74 bits per heavy atom. The quantitative estimate of drug-likeness (QED) is 0.583. The number of benzene rings is 3. The third-order valence-electron chi connectivity index (χ3n) is 5.03. The van der Waals surface area contributed by atoms with Gasteiger partial charge in [-0.3, -0.25) is 14.6 Å². The Balaban J connectivity index is 1.66. The summed E-state index contributed by atoms with van der Waals surface area (Å²) in [6, 6.07) is 21.3. The molecule has 5 nitrogen and oxygen atoms in total. The summed E-state index contributed by atoms with van der Waals surface area (Å²) >= 11 is 3.52. The maximum atomic E-state index is 13.0. The molecule has 0 bridgehead atoms. The first-order valence-corrected chi connectivity index (χ1v) is 10.8. The summed E-state index contributed by atoms with van der Waals surface area (Å²) in [6.45, 7) is 3.86. The summed E-state index contributed by atoms with van der Waals surface area (Å²) in [5, 5.41) is 2.92. The van der Waals surface area contributed by atoms with Crippen molar-refractivity contribution >= 4 is 44.8 Å². The van der Waals surface area contributed by atoms with E-state index in [1.165, 1.54) is 4.90 Å². The van der Waals surface area contributed by atoms with Crippen molar-refractivity contribution in [1.82, 2.24) is 0 Å². The summed E-state index contributed by atoms with van der Waals surface area (Å²) in [5.74, 6) is -0.472. The molecule has 0 unspecified atom stereocenters. The maximum Gasteiger partial charge on any atom is 0.249 e. The van der Waals surface area contributed by atoms with Crippen LogP contribution >= 0.6 is 15.9 Å². The van der Waals surface area contributed by atoms with E-state index in [0.29, 0.717) is 5.69 Å². The van der Waals surface area contributed by atoms with Crippen molar-refractivity contribution in [3.05, 3.63) is 93.5 Å². The van der Waals surface area contributed by atoms with E-state index in [9.17, 15) is 9.59 Å². The van der Waals surface area contributed by atoms with Crippen LogP contribution in [0.1, 0.15) is 22.3 Å². The van der Waals surface area contributed by atoms with Gasteiger partial charge in [-0.2, -0.15) is 0 Å². The number of aryl methyl sites for hydroxylation is 2. The third-order valence-corrected chi connectivity index (χ3v) is 5.53. The van der Waals surface area contributed by atoms with E-state index in [0.717, 1.165) is 38.1 Å². The van der Waals surface area contributed by atoms with E-state index in [1.807, 2.05) is 80.6 Å². The minimum Gasteiger partial charge on any atom is -0.325 e. The van der Waals surface area contributed by atoms with Gasteiger partial charge < -0.3 is 10.2 Å². The lowest BCUT2D eigenvalue weighted by Crippen LogP contribution is -2.39. The van der Waals surface area contributed by atoms with Crippen molar-refractivity contribution in [3.63, 3.8) is 0 Å². The molecule has 0 spiro atoms. The van der Waals surface area contributed by atoms with Crippen LogP contribution in [-0.2, 0) is 9.59 Å². The second-order valence-corrected chi connectivity index (χ2v) is 8.51. The lowest BCUT2D eigenvalue weighted by molar-refractivity contribution is -0.120. The molecule has 1 aliphatic rings. The highest BCUT2D eigenvalue weighted by Crippen LogP contribution is 2.30. The summed E-state index contributed by atoms with van der Waals surface area (Å²) in [4.78, 5) is 31.9. The molecule has 1 heterocycles. The molecule has 0 fully saturated rings. The highest BCUT2D eigenvalue weighted by Gasteiger charge is 2.27. The standard InChI is InChI=1S/C25H22BrN3O2/c1-16-10-17(2)12-20(11-16)28-23(30)15-29-22-9-8-19(26)13-21(22)25(27-14-24(29)31)18-6-4-3-5-7-18/h3-13H,14-15H2,1-2H3,(H,28,30). The molecule has 3 aromatic carbocycles. The molecule has 1 N–H and O–H groups in total. The van der Waals surface area contributed by atoms with E-state index in [4.69, 9.17) is 0 Å². The minimum absolute atomic E-state index is 0.0205. The lowest BCUT2D eigenvalue weighted by Gasteiger charge is -2.23. The van der Waals surface area contributed by atoms with Crippen molar-refractivity contribution in [2.45, 2.75) is 13.8 Å². The Kier molecular flexibility index (Phi) is 6.00. The number of fused-ring (bicyclic) bond motifs is 1. The number of nitrogens with zero attached hydrogens (tertiary/aromatic N) is 2. The van der Waals surface area contributed by atoms with Gasteiger partial charge in [0.25, 0.3) is 0 Å². The highest BCUT2D eigenvalue weighted by molar-refractivity contribution is 9.10. The number of halogens is 1. The molecule has 0 radical (unpaired) electrons. The number of hydrogen-bond donors (Lipinski definition) is 1. The Morgan fingerprint density at radius 3 is 2.45 bits per heavy atom. The van der Waals surface area contributed by atoms with Crippen molar-refractivity contribution in [2.75, 3.05) is 23.3 Å². The SMILES string of the molecule is Cc1cc(C)cc(NC(=O)CN2C(=O)CN=C(c3ccccc3)c3cc(Br)ccc32)c1. The van der Waals surface area contributed by atoms with Crippen LogP contribution in [0.25, 0.3) is 0 Å². The van der Waals surface area contributed by atoms with Crippen LogP contribution in [0.15, 0.2) is 76.2 Å². The summed E-state index contributed by atoms with van der Waals surface area (Å²) in [7, 11) is 0. The van der Waals surface area contributed by atoms with Gasteiger partial charge in [-0.05, 0) is 55.3 Å². The van der Waals surface area contributed by atoms with E-state index >= 15 is 0 Å². The first-order chi connectivity index (χ1) is 14.9. The van der Waals surface area contributed by atoms with E-state index in [-0.39, 0.29) is 24.9 Å². The minimum atomic E-state index is -0.254. The van der Waals surface area contributed by atoms with Gasteiger partial charge in [0.2, 0.25) is 11.8 Å². The van der Waals surface area contributed by atoms with Gasteiger partial charge in [-0.1, -0.05) is 52.3 Å². The van der Waals surface area contributed by atoms with Gasteiger partial charge in [-0.25, -0.2) is 0 Å². The van der Waals surface area contributed by atoms with Gasteiger partial charge in [-0.15, -0.1) is 0 Å². The van der Waals surface area contributed by atoms with Gasteiger partial charge in [0.1, 0.15) is 13.1 Å². The largest absolute Gasteiger partial charge is 0.325 e. The van der Waals surface area contributed by atoms with Gasteiger partial charge >= 0.3 is 0 Å². The molecule has 6 heteroatoms. The van der Waals surface area contributed by atoms with Crippen LogP contribution in [0, 0.1) is 13.8 Å². The van der Waals surface area contributed by atoms with Crippen LogP contribution in [0.2, 0.25) is 0 Å². The van der Waals surface area contributed by atoms with E-state index in [1.54, 1.807) is 0 Å². The summed E-state index contributed by atoms with van der Waals surface area (Å²) in [5.41, 5.74) is 6.00. The van der Waals surface area contributed by atoms with Gasteiger partial charge in [0.05, 0.1) is 11.4 Å². The summed E-state index contributed by atoms with van der Waals surface area (Å²) in [6.07, 6.45) is 0. The molecule has 0 saturated heterocycles. The monoisotopic (exact) mass is 475 g/mol. The number of amides is 2. The van der Waals surface area contributed by atoms with Gasteiger partial charge in [0, 0.05) is 21.3 Å². The first-order valence-electron chi connectivity index (χ1n) is 9.99. The maximum absolute atomic E-state index is 13.0. The van der Waals surface area contributed by atoms with Crippen LogP contribution in [0.3, 0.4) is 0 Å². The number of rotatable bonds is 4. The van der Waals surface area contributed by atoms with Crippen molar-refractivity contribution in [2.24, 2.45) is 4.99 Å². The number of hydrogen-bond acceptors (Lipinski definition) is 3. The molecule has 0 saturated carbocycles. The Labute approximate surface area is 189 Å². The smallest absolute Gasteiger partial charge is 0.249 e. The number of anilines is 2. The van der Waals surface area contributed by atoms with E-state index in [2.05, 4.69) is 26.2 Å². The number of nitrogens with one attached hydrogen (secondary N) is 1. The van der Waals surface area contributed by atoms with Crippen molar-refractivity contribution < 1.29 is 9.59 Å². The first kappa shape index (κ1) is 21.0. The topological polar surface area (TPSA) is 61.8 Å². The summed E-state index contributed by atoms with van der Waals surface area (Å²) < 4.78 is 0.879. The predicted octanol–water partition coefficient (Wildman–Crippen LogP) is 4.89. The fourth-order valence-electron chi connectivity index (χ4n) is 3.79. The number of carbonyl (C=O) groups is 2.